The van der Waals surface area contributed by atoms with Gasteiger partial charge in [0.1, 0.15) is 0 Å². The molecule has 1 aliphatic carbocycles. The maximum atomic E-state index is 3.58. The molecule has 1 N–H and O–H groups in total. The number of thioether (sulfide) groups is 1. The van der Waals surface area contributed by atoms with Gasteiger partial charge in [-0.05, 0) is 56.0 Å². The van der Waals surface area contributed by atoms with Gasteiger partial charge in [0.2, 0.25) is 0 Å². The summed E-state index contributed by atoms with van der Waals surface area (Å²) in [5.74, 6) is 2.23. The smallest absolute Gasteiger partial charge is 0.00719 e. The maximum absolute atomic E-state index is 3.58. The van der Waals surface area contributed by atoms with Crippen molar-refractivity contribution in [3.63, 3.8) is 0 Å². The minimum Gasteiger partial charge on any atom is -0.314 e. The van der Waals surface area contributed by atoms with Crippen molar-refractivity contribution >= 4 is 11.8 Å². The Morgan fingerprint density at radius 1 is 1.24 bits per heavy atom. The number of benzene rings is 1. The first-order valence-corrected chi connectivity index (χ1v) is 7.78. The fourth-order valence-electron chi connectivity index (χ4n) is 2.67. The Morgan fingerprint density at radius 2 is 2.06 bits per heavy atom. The predicted octanol–water partition coefficient (Wildman–Crippen LogP) is 3.95. The van der Waals surface area contributed by atoms with E-state index in [0.29, 0.717) is 0 Å². The van der Waals surface area contributed by atoms with Crippen molar-refractivity contribution in [3.05, 3.63) is 30.3 Å². The first-order valence-electron chi connectivity index (χ1n) is 6.79. The van der Waals surface area contributed by atoms with Crippen LogP contribution in [0.5, 0.6) is 0 Å². The van der Waals surface area contributed by atoms with Gasteiger partial charge in [-0.1, -0.05) is 25.1 Å². The average molecular weight is 249 g/mol. The van der Waals surface area contributed by atoms with E-state index in [2.05, 4.69) is 42.6 Å². The summed E-state index contributed by atoms with van der Waals surface area (Å²) in [6.45, 7) is 3.33. The van der Waals surface area contributed by atoms with E-state index < -0.39 is 0 Å². The monoisotopic (exact) mass is 249 g/mol. The van der Waals surface area contributed by atoms with Crippen LogP contribution in [0.25, 0.3) is 0 Å². The summed E-state index contributed by atoms with van der Waals surface area (Å²) in [7, 11) is 0. The van der Waals surface area contributed by atoms with Crippen LogP contribution in [0.1, 0.15) is 32.6 Å². The molecule has 1 nitrogen and oxygen atoms in total. The lowest BCUT2D eigenvalue weighted by Gasteiger charge is -2.11. The van der Waals surface area contributed by atoms with E-state index >= 15 is 0 Å². The van der Waals surface area contributed by atoms with Crippen LogP contribution in [-0.2, 0) is 0 Å². The Labute approximate surface area is 109 Å². The standard InChI is InChI=1S/C15H23NS/c1-2-16-14-9-8-13(12-14)10-11-17-15-6-4-3-5-7-15/h3-7,13-14,16H,2,8-12H2,1H3. The molecule has 2 rings (SSSR count). The molecular formula is C15H23NS. The third-order valence-corrected chi connectivity index (χ3v) is 4.62. The highest BCUT2D eigenvalue weighted by Crippen LogP contribution is 2.30. The van der Waals surface area contributed by atoms with Crippen molar-refractivity contribution < 1.29 is 0 Å². The van der Waals surface area contributed by atoms with Crippen molar-refractivity contribution in [2.24, 2.45) is 5.92 Å². The molecule has 1 aromatic carbocycles. The Bertz CT molecular complexity index is 312. The number of rotatable bonds is 6. The van der Waals surface area contributed by atoms with Gasteiger partial charge in [0.25, 0.3) is 0 Å². The second-order valence-electron chi connectivity index (χ2n) is 4.88. The topological polar surface area (TPSA) is 12.0 Å². The second-order valence-corrected chi connectivity index (χ2v) is 6.05. The summed E-state index contributed by atoms with van der Waals surface area (Å²) in [6.07, 6.45) is 5.58. The largest absolute Gasteiger partial charge is 0.314 e. The number of hydrogen-bond donors (Lipinski definition) is 1. The Balaban J connectivity index is 1.63. The van der Waals surface area contributed by atoms with Crippen LogP contribution in [0.15, 0.2) is 35.2 Å². The van der Waals surface area contributed by atoms with Crippen LogP contribution in [0.3, 0.4) is 0 Å². The molecule has 1 fully saturated rings. The van der Waals surface area contributed by atoms with Crippen LogP contribution < -0.4 is 5.32 Å². The molecule has 0 radical (unpaired) electrons. The van der Waals surface area contributed by atoms with Crippen LogP contribution in [0, 0.1) is 5.92 Å². The highest BCUT2D eigenvalue weighted by atomic mass is 32.2. The van der Waals surface area contributed by atoms with Crippen LogP contribution >= 0.6 is 11.8 Å². The summed E-state index contributed by atoms with van der Waals surface area (Å²) in [5, 5.41) is 3.58. The van der Waals surface area contributed by atoms with Gasteiger partial charge >= 0.3 is 0 Å². The molecule has 2 unspecified atom stereocenters. The van der Waals surface area contributed by atoms with E-state index in [1.807, 2.05) is 11.8 Å². The van der Waals surface area contributed by atoms with Gasteiger partial charge < -0.3 is 5.32 Å². The minimum atomic E-state index is 0.798. The Hall–Kier alpha value is -0.470. The third kappa shape index (κ3) is 4.36. The van der Waals surface area contributed by atoms with Crippen LogP contribution in [0.2, 0.25) is 0 Å². The lowest BCUT2D eigenvalue weighted by molar-refractivity contribution is 0.488. The van der Waals surface area contributed by atoms with Crippen molar-refractivity contribution in [3.8, 4) is 0 Å². The quantitative estimate of drug-likeness (QED) is 0.766. The van der Waals surface area contributed by atoms with E-state index in [0.717, 1.165) is 18.5 Å². The molecule has 0 heterocycles. The molecule has 0 aliphatic heterocycles. The van der Waals surface area contributed by atoms with Gasteiger partial charge in [0.05, 0.1) is 0 Å². The van der Waals surface area contributed by atoms with E-state index in [1.165, 1.54) is 36.3 Å². The predicted molar refractivity (Wildman–Crippen MR) is 76.6 cm³/mol. The SMILES string of the molecule is CCNC1CCC(CCSc2ccccc2)C1. The molecule has 2 atom stereocenters. The molecule has 0 aromatic heterocycles. The fraction of sp³-hybridized carbons (Fsp3) is 0.600. The summed E-state index contributed by atoms with van der Waals surface area (Å²) >= 11 is 2.00. The summed E-state index contributed by atoms with van der Waals surface area (Å²) in [6, 6.07) is 11.5. The average Bonchev–Trinajstić information content (AvgIpc) is 2.79. The zero-order chi connectivity index (χ0) is 11.9. The molecule has 17 heavy (non-hydrogen) atoms. The van der Waals surface area contributed by atoms with Gasteiger partial charge in [-0.25, -0.2) is 0 Å². The summed E-state index contributed by atoms with van der Waals surface area (Å²) < 4.78 is 0. The molecule has 0 bridgehead atoms. The molecule has 1 aliphatic rings. The van der Waals surface area contributed by atoms with E-state index in [-0.39, 0.29) is 0 Å². The normalized spacial score (nSPS) is 24.1. The van der Waals surface area contributed by atoms with Crippen molar-refractivity contribution in [1.29, 1.82) is 0 Å². The maximum Gasteiger partial charge on any atom is 0.00719 e. The van der Waals surface area contributed by atoms with Crippen molar-refractivity contribution in [2.75, 3.05) is 12.3 Å². The Kier molecular flexibility index (Phi) is 5.40. The van der Waals surface area contributed by atoms with Crippen LogP contribution in [0.4, 0.5) is 0 Å². The van der Waals surface area contributed by atoms with E-state index in [1.54, 1.807) is 0 Å². The van der Waals surface area contributed by atoms with E-state index in [4.69, 9.17) is 0 Å². The number of nitrogens with one attached hydrogen (secondary N) is 1. The van der Waals surface area contributed by atoms with Crippen molar-refractivity contribution in [2.45, 2.75) is 43.5 Å². The van der Waals surface area contributed by atoms with Crippen molar-refractivity contribution in [1.82, 2.24) is 5.32 Å². The zero-order valence-corrected chi connectivity index (χ0v) is 11.5. The van der Waals surface area contributed by atoms with Crippen LogP contribution in [-0.4, -0.2) is 18.3 Å². The molecule has 2 heteroatoms. The molecule has 0 saturated heterocycles. The first-order chi connectivity index (χ1) is 8.38. The highest BCUT2D eigenvalue weighted by molar-refractivity contribution is 7.99. The molecule has 94 valence electrons. The second kappa shape index (κ2) is 7.07. The molecular weight excluding hydrogens is 226 g/mol. The van der Waals surface area contributed by atoms with E-state index in [9.17, 15) is 0 Å². The molecule has 0 spiro atoms. The minimum absolute atomic E-state index is 0.798. The van der Waals surface area contributed by atoms with Gasteiger partial charge in [0.15, 0.2) is 0 Å². The number of hydrogen-bond acceptors (Lipinski definition) is 2. The molecule has 0 amide bonds. The van der Waals surface area contributed by atoms with Gasteiger partial charge in [-0.15, -0.1) is 11.8 Å². The fourth-order valence-corrected chi connectivity index (χ4v) is 3.71. The highest BCUT2D eigenvalue weighted by Gasteiger charge is 2.23. The Morgan fingerprint density at radius 3 is 2.82 bits per heavy atom. The van der Waals surface area contributed by atoms with Gasteiger partial charge in [0, 0.05) is 10.9 Å². The molecule has 1 saturated carbocycles. The summed E-state index contributed by atoms with van der Waals surface area (Å²) in [4.78, 5) is 1.41. The zero-order valence-electron chi connectivity index (χ0n) is 10.7. The van der Waals surface area contributed by atoms with Gasteiger partial charge in [-0.3, -0.25) is 0 Å². The summed E-state index contributed by atoms with van der Waals surface area (Å²) in [5.41, 5.74) is 0. The first kappa shape index (κ1) is 13.0. The molecule has 1 aromatic rings. The van der Waals surface area contributed by atoms with Gasteiger partial charge in [-0.2, -0.15) is 0 Å². The lowest BCUT2D eigenvalue weighted by Crippen LogP contribution is -2.25. The third-order valence-electron chi connectivity index (χ3n) is 3.57. The lowest BCUT2D eigenvalue weighted by atomic mass is 10.1.